The van der Waals surface area contributed by atoms with Crippen LogP contribution in [0.2, 0.25) is 0 Å². The molecule has 2 saturated heterocycles. The van der Waals surface area contributed by atoms with Crippen molar-refractivity contribution in [1.82, 2.24) is 14.9 Å². The van der Waals surface area contributed by atoms with Crippen LogP contribution in [-0.4, -0.2) is 99.5 Å². The maximum atomic E-state index is 10.6. The number of aromatic nitrogens is 2. The number of hydrogen-bond acceptors (Lipinski definition) is 8. The lowest BCUT2D eigenvalue weighted by molar-refractivity contribution is -0.193. The first kappa shape index (κ1) is 39.0. The van der Waals surface area contributed by atoms with E-state index in [1.807, 2.05) is 43.0 Å². The number of carboxylic acids is 3. The molecule has 3 N–H and O–H groups in total. The van der Waals surface area contributed by atoms with Gasteiger partial charge in [0.2, 0.25) is 0 Å². The summed E-state index contributed by atoms with van der Waals surface area (Å²) in [6.45, 7) is 6.11. The minimum Gasteiger partial charge on any atom is -0.475 e. The largest absolute Gasteiger partial charge is 0.490 e. The lowest BCUT2D eigenvalue weighted by Crippen LogP contribution is -2.35. The molecule has 2 aromatic heterocycles. The second-order valence-electron chi connectivity index (χ2n) is 9.36. The maximum absolute atomic E-state index is 10.6. The van der Waals surface area contributed by atoms with Crippen molar-refractivity contribution >= 4 is 17.9 Å². The van der Waals surface area contributed by atoms with Gasteiger partial charge in [0.05, 0.1) is 26.4 Å². The van der Waals surface area contributed by atoms with Crippen LogP contribution < -0.4 is 0 Å². The number of nitrogens with zero attached hydrogens (tertiary/aromatic N) is 3. The molecule has 0 aromatic carbocycles. The van der Waals surface area contributed by atoms with E-state index in [4.69, 9.17) is 39.2 Å². The highest BCUT2D eigenvalue weighted by atomic mass is 19.4. The zero-order valence-corrected chi connectivity index (χ0v) is 22.8. The van der Waals surface area contributed by atoms with Crippen LogP contribution in [0.3, 0.4) is 0 Å². The molecular weight excluding hydrogens is 641 g/mol. The highest BCUT2D eigenvalue weighted by molar-refractivity contribution is 5.73. The molecule has 0 aliphatic carbocycles. The van der Waals surface area contributed by atoms with Gasteiger partial charge < -0.3 is 24.8 Å². The van der Waals surface area contributed by atoms with E-state index in [0.29, 0.717) is 12.5 Å². The third-order valence-corrected chi connectivity index (χ3v) is 5.86. The van der Waals surface area contributed by atoms with E-state index in [9.17, 15) is 39.5 Å². The van der Waals surface area contributed by atoms with Crippen molar-refractivity contribution in [2.24, 2.45) is 11.3 Å². The molecule has 11 nitrogen and oxygen atoms in total. The molecule has 4 rings (SSSR count). The van der Waals surface area contributed by atoms with Crippen molar-refractivity contribution in [3.63, 3.8) is 0 Å². The summed E-state index contributed by atoms with van der Waals surface area (Å²) in [7, 11) is 0. The Labute approximate surface area is 248 Å². The number of ether oxygens (including phenoxy) is 2. The Morgan fingerprint density at radius 1 is 0.844 bits per heavy atom. The number of likely N-dealkylation sites (tertiary alicyclic amines) is 1. The Morgan fingerprint density at radius 3 is 1.80 bits per heavy atom. The molecule has 4 heterocycles. The number of aliphatic carboxylic acids is 3. The van der Waals surface area contributed by atoms with E-state index in [1.165, 1.54) is 11.1 Å². The number of carbonyl (C=O) groups is 3. The van der Waals surface area contributed by atoms with E-state index in [1.54, 1.807) is 0 Å². The standard InChI is InChI=1S/C19H23N3O2.3C2HF3O2/c1-2-17(8-21-5-1)9-22-10-18-12-24-15-19(18,13-22)14-23-11-16-3-6-20-7-4-16;3*3-2(4,5)1(6)7/h1-8,18H,9-15H2;3*(H,6,7)/t18-,19-;;;/m1.../s1. The predicted octanol–water partition coefficient (Wildman–Crippen LogP) is 4.04. The van der Waals surface area contributed by atoms with Crippen LogP contribution in [0.4, 0.5) is 39.5 Å². The van der Waals surface area contributed by atoms with Gasteiger partial charge in [0.1, 0.15) is 0 Å². The summed E-state index contributed by atoms with van der Waals surface area (Å²) in [5.74, 6) is -7.71. The van der Waals surface area contributed by atoms with Crippen LogP contribution in [0, 0.1) is 11.3 Å². The van der Waals surface area contributed by atoms with Gasteiger partial charge >= 0.3 is 36.4 Å². The zero-order chi connectivity index (χ0) is 34.5. The van der Waals surface area contributed by atoms with Crippen molar-refractivity contribution < 1.29 is 78.7 Å². The average molecular weight is 667 g/mol. The van der Waals surface area contributed by atoms with E-state index in [0.717, 1.165) is 39.5 Å². The minimum atomic E-state index is -5.08. The summed E-state index contributed by atoms with van der Waals surface area (Å²) in [6, 6.07) is 8.15. The first-order chi connectivity index (χ1) is 20.7. The summed E-state index contributed by atoms with van der Waals surface area (Å²) >= 11 is 0. The maximum Gasteiger partial charge on any atom is 0.490 e. The lowest BCUT2D eigenvalue weighted by atomic mass is 9.82. The van der Waals surface area contributed by atoms with Gasteiger partial charge in [0, 0.05) is 55.8 Å². The van der Waals surface area contributed by atoms with Gasteiger partial charge in [-0.2, -0.15) is 39.5 Å². The molecule has 2 atom stereocenters. The highest BCUT2D eigenvalue weighted by Crippen LogP contribution is 2.42. The molecule has 2 fully saturated rings. The fraction of sp³-hybridized carbons (Fsp3) is 0.480. The van der Waals surface area contributed by atoms with Gasteiger partial charge in [-0.05, 0) is 29.3 Å². The molecule has 0 amide bonds. The molecule has 252 valence electrons. The smallest absolute Gasteiger partial charge is 0.475 e. The van der Waals surface area contributed by atoms with Gasteiger partial charge in [-0.3, -0.25) is 14.9 Å². The van der Waals surface area contributed by atoms with Gasteiger partial charge in [-0.1, -0.05) is 6.07 Å². The van der Waals surface area contributed by atoms with Crippen LogP contribution in [0.15, 0.2) is 49.1 Å². The molecule has 2 aliphatic heterocycles. The number of alkyl halides is 9. The molecule has 0 unspecified atom stereocenters. The minimum absolute atomic E-state index is 0.134. The number of halogens is 9. The normalized spacial score (nSPS) is 19.4. The SMILES string of the molecule is O=C(O)C(F)(F)F.O=C(O)C(F)(F)F.O=C(O)C(F)(F)F.c1cncc(CN2C[C@@H]3COC[C@]3(COCc3ccncc3)C2)c1. The molecule has 0 saturated carbocycles. The molecule has 45 heavy (non-hydrogen) atoms. The second-order valence-corrected chi connectivity index (χ2v) is 9.36. The lowest BCUT2D eigenvalue weighted by Gasteiger charge is -2.27. The van der Waals surface area contributed by atoms with Crippen molar-refractivity contribution in [3.8, 4) is 0 Å². The van der Waals surface area contributed by atoms with Crippen molar-refractivity contribution in [3.05, 3.63) is 60.2 Å². The topological polar surface area (TPSA) is 159 Å². The molecule has 0 bridgehead atoms. The Balaban J connectivity index is 0.000000396. The Kier molecular flexibility index (Phi) is 14.6. The predicted molar refractivity (Wildman–Crippen MR) is 131 cm³/mol. The molecule has 2 aromatic rings. The summed E-state index contributed by atoms with van der Waals surface area (Å²) in [5, 5.41) is 21.4. The fourth-order valence-corrected chi connectivity index (χ4v) is 3.87. The van der Waals surface area contributed by atoms with Crippen LogP contribution in [-0.2, 0) is 37.0 Å². The summed E-state index contributed by atoms with van der Waals surface area (Å²) in [5.41, 5.74) is 2.57. The monoisotopic (exact) mass is 667 g/mol. The Bertz CT molecular complexity index is 1160. The number of rotatable bonds is 6. The van der Waals surface area contributed by atoms with E-state index in [2.05, 4.69) is 20.9 Å². The fourth-order valence-electron chi connectivity index (χ4n) is 3.87. The first-order valence-corrected chi connectivity index (χ1v) is 12.2. The third-order valence-electron chi connectivity index (χ3n) is 5.86. The van der Waals surface area contributed by atoms with Gasteiger partial charge in [-0.15, -0.1) is 0 Å². The second kappa shape index (κ2) is 16.9. The molecule has 20 heteroatoms. The number of pyridine rings is 2. The van der Waals surface area contributed by atoms with E-state index >= 15 is 0 Å². The highest BCUT2D eigenvalue weighted by Gasteiger charge is 2.50. The molecular formula is C25H26F9N3O8. The summed E-state index contributed by atoms with van der Waals surface area (Å²) in [6.07, 6.45) is -7.85. The quantitative estimate of drug-likeness (QED) is 0.382. The van der Waals surface area contributed by atoms with Crippen molar-refractivity contribution in [2.75, 3.05) is 32.9 Å². The number of carboxylic acid groups (broad SMARTS) is 3. The number of fused-ring (bicyclic) bond motifs is 1. The first-order valence-electron chi connectivity index (χ1n) is 12.2. The molecule has 0 spiro atoms. The Hall–Kier alpha value is -4.04. The summed E-state index contributed by atoms with van der Waals surface area (Å²) < 4.78 is 107. The summed E-state index contributed by atoms with van der Waals surface area (Å²) in [4.78, 5) is 37.5. The van der Waals surface area contributed by atoms with Gasteiger partial charge in [-0.25, -0.2) is 14.4 Å². The van der Waals surface area contributed by atoms with Gasteiger partial charge in [0.15, 0.2) is 0 Å². The molecule has 2 aliphatic rings. The zero-order valence-electron chi connectivity index (χ0n) is 22.8. The van der Waals surface area contributed by atoms with Gasteiger partial charge in [0.25, 0.3) is 0 Å². The van der Waals surface area contributed by atoms with E-state index < -0.39 is 36.4 Å². The van der Waals surface area contributed by atoms with Crippen molar-refractivity contribution in [2.45, 2.75) is 31.7 Å². The van der Waals surface area contributed by atoms with E-state index in [-0.39, 0.29) is 5.41 Å². The average Bonchev–Trinajstić information content (AvgIpc) is 3.46. The number of hydrogen-bond donors (Lipinski definition) is 3. The van der Waals surface area contributed by atoms with Crippen molar-refractivity contribution in [1.29, 1.82) is 0 Å². The third kappa shape index (κ3) is 14.5. The van der Waals surface area contributed by atoms with Crippen LogP contribution >= 0.6 is 0 Å². The van der Waals surface area contributed by atoms with Crippen LogP contribution in [0.25, 0.3) is 0 Å². The Morgan fingerprint density at radius 2 is 1.36 bits per heavy atom. The molecule has 0 radical (unpaired) electrons. The van der Waals surface area contributed by atoms with Crippen LogP contribution in [0.1, 0.15) is 11.1 Å². The van der Waals surface area contributed by atoms with Crippen LogP contribution in [0.5, 0.6) is 0 Å².